The van der Waals surface area contributed by atoms with Crippen molar-refractivity contribution in [3.05, 3.63) is 74.1 Å². The zero-order valence-corrected chi connectivity index (χ0v) is 21.4. The van der Waals surface area contributed by atoms with Crippen molar-refractivity contribution in [3.63, 3.8) is 0 Å². The number of anilines is 1. The summed E-state index contributed by atoms with van der Waals surface area (Å²) in [4.78, 5) is 46.0. The molecule has 11 heteroatoms. The monoisotopic (exact) mass is 522 g/mol. The second-order valence-electron chi connectivity index (χ2n) is 8.11. The molecule has 4 aromatic rings. The molecule has 10 nitrogen and oxygen atoms in total. The Bertz CT molecular complexity index is 1600. The van der Waals surface area contributed by atoms with Crippen molar-refractivity contribution in [2.24, 2.45) is 0 Å². The Morgan fingerprint density at radius 3 is 2.32 bits per heavy atom. The molecule has 5 rings (SSSR count). The lowest BCUT2D eigenvalue weighted by Crippen LogP contribution is -2.29. The molecule has 2 aromatic heterocycles. The van der Waals surface area contributed by atoms with Gasteiger partial charge in [-0.05, 0) is 36.8 Å². The summed E-state index contributed by atoms with van der Waals surface area (Å²) >= 11 is 0.988. The number of hydrogen-bond acceptors (Lipinski definition) is 10. The summed E-state index contributed by atoms with van der Waals surface area (Å²) in [5.74, 6) is -0.207. The van der Waals surface area contributed by atoms with Gasteiger partial charge in [-0.2, -0.15) is 0 Å². The Hall–Kier alpha value is -4.38. The van der Waals surface area contributed by atoms with Crippen LogP contribution in [0.5, 0.6) is 17.2 Å². The fraction of sp³-hybridized carbons (Fsp3) is 0.231. The lowest BCUT2D eigenvalue weighted by molar-refractivity contribution is 0.0605. The largest absolute Gasteiger partial charge is 0.493 e. The van der Waals surface area contributed by atoms with Gasteiger partial charge in [0.2, 0.25) is 11.5 Å². The van der Waals surface area contributed by atoms with Gasteiger partial charge >= 0.3 is 5.97 Å². The normalized spacial score (nSPS) is 14.6. The number of benzene rings is 2. The number of fused-ring (bicyclic) bond motifs is 2. The Balaban J connectivity index is 1.82. The van der Waals surface area contributed by atoms with Gasteiger partial charge in [-0.15, -0.1) is 0 Å². The Morgan fingerprint density at radius 2 is 1.70 bits per heavy atom. The highest BCUT2D eigenvalue weighted by Crippen LogP contribution is 2.47. The quantitative estimate of drug-likeness (QED) is 0.345. The van der Waals surface area contributed by atoms with Crippen molar-refractivity contribution in [1.82, 2.24) is 4.98 Å². The van der Waals surface area contributed by atoms with Crippen molar-refractivity contribution in [2.45, 2.75) is 13.0 Å². The molecule has 0 fully saturated rings. The maximum Gasteiger partial charge on any atom is 0.350 e. The molecule has 1 amide bonds. The number of nitrogens with zero attached hydrogens (tertiary/aromatic N) is 2. The van der Waals surface area contributed by atoms with E-state index in [4.69, 9.17) is 23.4 Å². The standard InChI is InChI=1S/C26H22N2O8S/c1-12-23(25(31)35-5)37-26(27-12)28-19(13-10-16(32-2)21(34-4)17(11-13)33-3)18-20(29)14-8-6-7-9-15(14)36-22(18)24(28)30/h6-11,19H,1-5H3. The van der Waals surface area contributed by atoms with E-state index in [1.54, 1.807) is 43.3 Å². The minimum atomic E-state index is -0.951. The van der Waals surface area contributed by atoms with Crippen LogP contribution in [-0.4, -0.2) is 45.3 Å². The van der Waals surface area contributed by atoms with Gasteiger partial charge in [0.15, 0.2) is 22.1 Å². The van der Waals surface area contributed by atoms with E-state index in [1.807, 2.05) is 0 Å². The van der Waals surface area contributed by atoms with Gasteiger partial charge in [0.25, 0.3) is 5.91 Å². The first-order valence-corrected chi connectivity index (χ1v) is 11.9. The average molecular weight is 523 g/mol. The second kappa shape index (κ2) is 9.25. The van der Waals surface area contributed by atoms with Gasteiger partial charge in [0.05, 0.1) is 51.1 Å². The van der Waals surface area contributed by atoms with E-state index in [9.17, 15) is 14.4 Å². The van der Waals surface area contributed by atoms with Crippen molar-refractivity contribution >= 4 is 39.3 Å². The van der Waals surface area contributed by atoms with Gasteiger partial charge in [-0.3, -0.25) is 14.5 Å². The third kappa shape index (κ3) is 3.70. The smallest absolute Gasteiger partial charge is 0.350 e. The lowest BCUT2D eigenvalue weighted by atomic mass is 9.98. The van der Waals surface area contributed by atoms with Crippen molar-refractivity contribution < 1.29 is 33.0 Å². The predicted octanol–water partition coefficient (Wildman–Crippen LogP) is 4.12. The summed E-state index contributed by atoms with van der Waals surface area (Å²) < 4.78 is 27.3. The molecule has 1 aliphatic heterocycles. The molecule has 1 atom stereocenters. The molecular formula is C26H22N2O8S. The third-order valence-corrected chi connectivity index (χ3v) is 7.28. The van der Waals surface area contributed by atoms with Crippen LogP contribution in [-0.2, 0) is 4.74 Å². The number of carbonyl (C=O) groups excluding carboxylic acids is 2. The number of para-hydroxylation sites is 1. The number of methoxy groups -OCH3 is 4. The predicted molar refractivity (Wildman–Crippen MR) is 135 cm³/mol. The van der Waals surface area contributed by atoms with Gasteiger partial charge in [0.1, 0.15) is 10.5 Å². The van der Waals surface area contributed by atoms with Crippen LogP contribution in [0.15, 0.2) is 45.6 Å². The summed E-state index contributed by atoms with van der Waals surface area (Å²) in [5.41, 5.74) is 0.967. The van der Waals surface area contributed by atoms with E-state index in [0.717, 1.165) is 11.3 Å². The van der Waals surface area contributed by atoms with E-state index in [1.165, 1.54) is 33.3 Å². The minimum absolute atomic E-state index is 0.102. The molecular weight excluding hydrogens is 500 g/mol. The van der Waals surface area contributed by atoms with Gasteiger partial charge in [-0.1, -0.05) is 23.5 Å². The van der Waals surface area contributed by atoms with E-state index in [0.29, 0.717) is 33.9 Å². The lowest BCUT2D eigenvalue weighted by Gasteiger charge is -2.24. The van der Waals surface area contributed by atoms with E-state index in [-0.39, 0.29) is 32.3 Å². The Labute approximate surface area is 215 Å². The first-order chi connectivity index (χ1) is 17.8. The summed E-state index contributed by atoms with van der Waals surface area (Å²) in [6.45, 7) is 1.64. The highest BCUT2D eigenvalue weighted by molar-refractivity contribution is 7.17. The number of esters is 1. The average Bonchev–Trinajstić information content (AvgIpc) is 3.44. The summed E-state index contributed by atoms with van der Waals surface area (Å²) in [6, 6.07) is 9.09. The Kier molecular flexibility index (Phi) is 6.08. The first-order valence-electron chi connectivity index (χ1n) is 11.1. The maximum absolute atomic E-state index is 13.8. The molecule has 0 N–H and O–H groups in total. The van der Waals surface area contributed by atoms with Crippen LogP contribution in [0.25, 0.3) is 11.0 Å². The van der Waals surface area contributed by atoms with Crippen molar-refractivity contribution in [3.8, 4) is 17.2 Å². The maximum atomic E-state index is 13.8. The number of aryl methyl sites for hydroxylation is 1. The molecule has 37 heavy (non-hydrogen) atoms. The zero-order valence-electron chi connectivity index (χ0n) is 20.6. The summed E-state index contributed by atoms with van der Waals surface area (Å²) in [7, 11) is 5.70. The molecule has 0 spiro atoms. The van der Waals surface area contributed by atoms with Gasteiger partial charge in [-0.25, -0.2) is 9.78 Å². The van der Waals surface area contributed by atoms with Gasteiger partial charge in [0, 0.05) is 0 Å². The molecule has 1 aliphatic rings. The van der Waals surface area contributed by atoms with Crippen molar-refractivity contribution in [2.75, 3.05) is 33.3 Å². The number of amides is 1. The highest BCUT2D eigenvalue weighted by Gasteiger charge is 2.46. The molecule has 3 heterocycles. The van der Waals surface area contributed by atoms with Crippen molar-refractivity contribution in [1.29, 1.82) is 0 Å². The van der Waals surface area contributed by atoms with E-state index >= 15 is 0 Å². The second-order valence-corrected chi connectivity index (χ2v) is 9.09. The number of ether oxygens (including phenoxy) is 4. The SMILES string of the molecule is COC(=O)c1sc(N2C(=O)c3oc4ccccc4c(=O)c3C2c2cc(OC)c(OC)c(OC)c2)nc1C. The summed E-state index contributed by atoms with van der Waals surface area (Å²) in [5, 5.41) is 0.537. The first kappa shape index (κ1) is 24.3. The number of carbonyl (C=O) groups is 2. The number of aromatic nitrogens is 1. The number of rotatable bonds is 6. The van der Waals surface area contributed by atoms with Crippen LogP contribution in [0.1, 0.15) is 43.1 Å². The van der Waals surface area contributed by atoms with Crippen LogP contribution in [0, 0.1) is 6.92 Å². The summed E-state index contributed by atoms with van der Waals surface area (Å²) in [6.07, 6.45) is 0. The number of hydrogen-bond donors (Lipinski definition) is 0. The molecule has 0 saturated heterocycles. The van der Waals surface area contributed by atoms with Crippen LogP contribution in [0.3, 0.4) is 0 Å². The molecule has 0 aliphatic carbocycles. The third-order valence-electron chi connectivity index (χ3n) is 6.14. The van der Waals surface area contributed by atoms with Gasteiger partial charge < -0.3 is 23.4 Å². The highest BCUT2D eigenvalue weighted by atomic mass is 32.1. The fourth-order valence-electron chi connectivity index (χ4n) is 4.46. The van der Waals surface area contributed by atoms with E-state index in [2.05, 4.69) is 4.98 Å². The Morgan fingerprint density at radius 1 is 1.03 bits per heavy atom. The topological polar surface area (TPSA) is 117 Å². The van der Waals surface area contributed by atoms with Crippen LogP contribution in [0.2, 0.25) is 0 Å². The fourth-order valence-corrected chi connectivity index (χ4v) is 5.47. The molecule has 0 bridgehead atoms. The molecule has 0 radical (unpaired) electrons. The minimum Gasteiger partial charge on any atom is -0.493 e. The molecule has 0 saturated carbocycles. The zero-order chi connectivity index (χ0) is 26.4. The molecule has 1 unspecified atom stereocenters. The van der Waals surface area contributed by atoms with Crippen LogP contribution in [0.4, 0.5) is 5.13 Å². The van der Waals surface area contributed by atoms with Crippen LogP contribution >= 0.6 is 11.3 Å². The van der Waals surface area contributed by atoms with E-state index < -0.39 is 17.9 Å². The molecule has 190 valence electrons. The van der Waals surface area contributed by atoms with Crippen LogP contribution < -0.4 is 24.5 Å². The molecule has 2 aromatic carbocycles. The number of thiazole rings is 1.